The van der Waals surface area contributed by atoms with Gasteiger partial charge in [0.2, 0.25) is 29.3 Å². The van der Waals surface area contributed by atoms with Gasteiger partial charge < -0.3 is 38.8 Å². The van der Waals surface area contributed by atoms with Crippen LogP contribution in [-0.2, 0) is 68.9 Å². The smallest absolute Gasteiger partial charge is 0.418 e. The van der Waals surface area contributed by atoms with Crippen molar-refractivity contribution < 1.29 is 96.4 Å². The molecule has 0 spiro atoms. The Hall–Kier alpha value is -9.31. The van der Waals surface area contributed by atoms with Gasteiger partial charge in [-0.05, 0) is 69.5 Å². The number of aromatic hydroxyl groups is 1. The molecule has 5 heterocycles. The minimum Gasteiger partial charge on any atom is -0.511 e. The molecule has 0 radical (unpaired) electrons. The Bertz CT molecular complexity index is 4230. The normalized spacial score (nSPS) is 15.1. The first-order valence-electron chi connectivity index (χ1n) is 29.7. The van der Waals surface area contributed by atoms with Crippen LogP contribution in [0.5, 0.6) is 23.5 Å². The maximum absolute atomic E-state index is 13.3. The fourth-order valence-electron chi connectivity index (χ4n) is 10.1. The number of methoxy groups -OCH3 is 3. The Morgan fingerprint density at radius 3 is 2.02 bits per heavy atom. The van der Waals surface area contributed by atoms with E-state index in [9.17, 15) is 67.8 Å². The van der Waals surface area contributed by atoms with Crippen molar-refractivity contribution in [3.05, 3.63) is 148 Å². The number of carbonyl (C=O) groups excluding carboxylic acids is 3. The molecule has 1 aliphatic heterocycles. The van der Waals surface area contributed by atoms with Gasteiger partial charge in [-0.15, -0.1) is 5.10 Å². The second-order valence-electron chi connectivity index (χ2n) is 21.3. The summed E-state index contributed by atoms with van der Waals surface area (Å²) in [5, 5.41) is 36.5. The summed E-state index contributed by atoms with van der Waals surface area (Å²) in [5.74, 6) is -1.54. The van der Waals surface area contributed by atoms with Crippen LogP contribution in [0, 0.1) is 12.8 Å². The molecular formula is C63H72F6N10O15S3. The molecule has 34 heteroatoms. The molecule has 0 bridgehead atoms. The second-order valence-corrected chi connectivity index (χ2v) is 26.6. The number of fused-ring (bicyclic) bond motifs is 1. The van der Waals surface area contributed by atoms with Gasteiger partial charge >= 0.3 is 18.3 Å². The Morgan fingerprint density at radius 2 is 1.51 bits per heavy atom. The van der Waals surface area contributed by atoms with Crippen molar-refractivity contribution in [2.24, 2.45) is 23.3 Å². The summed E-state index contributed by atoms with van der Waals surface area (Å²) >= 11 is 1.90. The number of aromatic nitrogens is 7. The van der Waals surface area contributed by atoms with Crippen LogP contribution in [0.25, 0.3) is 5.78 Å². The lowest BCUT2D eigenvalue weighted by molar-refractivity contribution is -0.140. The van der Waals surface area contributed by atoms with Gasteiger partial charge in [0.1, 0.15) is 17.9 Å². The number of hydrogen-bond acceptors (Lipinski definition) is 23. The van der Waals surface area contributed by atoms with Gasteiger partial charge in [-0.25, -0.2) is 36.0 Å². The number of ether oxygens (including phenoxy) is 4. The number of alkyl halides is 6. The van der Waals surface area contributed by atoms with Gasteiger partial charge in [0.05, 0.1) is 73.4 Å². The lowest BCUT2D eigenvalue weighted by Crippen LogP contribution is -2.29. The quantitative estimate of drug-likeness (QED) is 0.0187. The van der Waals surface area contributed by atoms with Crippen LogP contribution in [0.15, 0.2) is 129 Å². The van der Waals surface area contributed by atoms with E-state index in [1.54, 1.807) is 6.92 Å². The largest absolute Gasteiger partial charge is 0.511 e. The maximum atomic E-state index is 13.3. The molecule has 4 aromatic heterocycles. The standard InChI is InChI=1S/C18H17NO3.C17H29NO3S.C14H13F3N6O5S.C14H13F3N2O4S/c1-2-21-17(20)16-13-18(22-19-16,14-9-5-3-6-10-14)15-11-7-4-8-12-15;1-5-8-14(18-21-6-2)17-15(19)10-13(11-16(17)20)9-12(4)22-7-3;1-26-8-6-9(27-2)23-13(19-8)20-12(21-23)22-29(24,25)10-7(14(15,16)17)4-5-18-11(10)28-3;1-7-11(13(21)19(2)18-7)12(20)9-5-4-8(14(15,16)17)6-10(9)24(3,22)23/h3-12H,2,13H2,1H3;12-13,19H,5-11H2,1-4H3;4-6H,1-3H3,(H,21,22);4-6,21H,1-3H3/b;18-14+;;. The third-order valence-electron chi connectivity index (χ3n) is 14.3. The number of rotatable bonds is 22. The average molecular weight is 1420 g/mol. The van der Waals surface area contributed by atoms with Crippen LogP contribution >= 0.6 is 11.8 Å². The number of pyridine rings is 1. The average Bonchev–Trinajstić information content (AvgIpc) is 1.74. The molecule has 2 unspecified atom stereocenters. The van der Waals surface area contributed by atoms with Gasteiger partial charge in [-0.2, -0.15) is 57.7 Å². The van der Waals surface area contributed by atoms with Crippen molar-refractivity contribution in [2.45, 2.75) is 113 Å². The van der Waals surface area contributed by atoms with E-state index in [0.717, 1.165) is 58.3 Å². The number of nitrogens with zero attached hydrogens (tertiary/aromatic N) is 9. The number of aryl methyl sites for hydroxylation is 2. The summed E-state index contributed by atoms with van der Waals surface area (Å²) in [7, 11) is -3.96. The van der Waals surface area contributed by atoms with E-state index in [2.05, 4.69) is 49.3 Å². The lowest BCUT2D eigenvalue weighted by atomic mass is 9.82. The Labute approximate surface area is 559 Å². The number of aliphatic hydroxyl groups excluding tert-OH is 1. The Balaban J connectivity index is 0.000000206. The van der Waals surface area contributed by atoms with Gasteiger partial charge in [-0.3, -0.25) is 9.59 Å². The van der Waals surface area contributed by atoms with Crippen LogP contribution in [-0.4, -0.2) is 142 Å². The van der Waals surface area contributed by atoms with Gasteiger partial charge in [0.15, 0.2) is 31.8 Å². The predicted molar refractivity (Wildman–Crippen MR) is 345 cm³/mol. The van der Waals surface area contributed by atoms with Crippen molar-refractivity contribution in [1.29, 1.82) is 0 Å². The molecule has 3 N–H and O–H groups in total. The van der Waals surface area contributed by atoms with Gasteiger partial charge in [0.25, 0.3) is 21.7 Å². The zero-order valence-electron chi connectivity index (χ0n) is 54.5. The third kappa shape index (κ3) is 19.0. The highest BCUT2D eigenvalue weighted by atomic mass is 32.2. The third-order valence-corrected chi connectivity index (χ3v) is 18.0. The molecule has 0 fully saturated rings. The van der Waals surface area contributed by atoms with Crippen LogP contribution in [0.2, 0.25) is 0 Å². The predicted octanol–water partition coefficient (Wildman–Crippen LogP) is 11.2. The molecule has 2 aliphatic rings. The van der Waals surface area contributed by atoms with E-state index >= 15 is 0 Å². The number of nitrogens with one attached hydrogen (secondary N) is 1. The first-order chi connectivity index (χ1) is 45.7. The highest BCUT2D eigenvalue weighted by Gasteiger charge is 2.46. The number of aliphatic hydroxyl groups is 1. The SMILES string of the molecule is CCC/C(=N\OCC)C1=C(O)CC(CC(C)SCC)CC1=O.CCOC(=O)C1=NOC(c2ccccc2)(c2ccccc2)C1.COc1cc(OC)n2nc(NS(=O)(=O)c3c(C(F)(F)F)ccnc3OC)nc2n1.Cc1nn(C)c(O)c1C(=O)c1ccc(C(F)(F)F)cc1S(C)(=O)=O. The number of sulfone groups is 1. The molecule has 3 aromatic carbocycles. The molecule has 9 rings (SSSR count). The van der Waals surface area contributed by atoms with Crippen LogP contribution in [0.1, 0.15) is 117 Å². The van der Waals surface area contributed by atoms with E-state index in [1.807, 2.05) is 91.0 Å². The minimum absolute atomic E-state index is 0.00866. The van der Waals surface area contributed by atoms with Crippen molar-refractivity contribution in [2.75, 3.05) is 51.3 Å². The van der Waals surface area contributed by atoms with E-state index in [-0.39, 0.29) is 46.3 Å². The van der Waals surface area contributed by atoms with E-state index in [0.29, 0.717) is 85.6 Å². The molecule has 524 valence electrons. The molecule has 0 saturated heterocycles. The fraction of sp³-hybridized carbons (Fsp3) is 0.397. The summed E-state index contributed by atoms with van der Waals surface area (Å²) < 4.78 is 151. The number of oxime groups is 2. The summed E-state index contributed by atoms with van der Waals surface area (Å²) in [6, 6.07) is 23.3. The number of allylic oxidation sites excluding steroid dienone is 2. The number of anilines is 1. The van der Waals surface area contributed by atoms with Crippen molar-refractivity contribution in [3.63, 3.8) is 0 Å². The maximum Gasteiger partial charge on any atom is 0.418 e. The van der Waals surface area contributed by atoms with Crippen LogP contribution in [0.4, 0.5) is 32.3 Å². The minimum atomic E-state index is -4.98. The first kappa shape index (κ1) is 76.7. The number of benzene rings is 3. The molecule has 97 heavy (non-hydrogen) atoms. The number of hydrogen-bond donors (Lipinski definition) is 3. The van der Waals surface area contributed by atoms with Crippen LogP contribution in [0.3, 0.4) is 0 Å². The van der Waals surface area contributed by atoms with E-state index in [1.165, 1.54) is 34.3 Å². The Morgan fingerprint density at radius 1 is 0.856 bits per heavy atom. The number of halogens is 6. The highest BCUT2D eigenvalue weighted by molar-refractivity contribution is 7.99. The van der Waals surface area contributed by atoms with Crippen molar-refractivity contribution >= 4 is 72.3 Å². The molecule has 7 aromatic rings. The fourth-order valence-corrected chi connectivity index (χ4v) is 13.3. The summed E-state index contributed by atoms with van der Waals surface area (Å²) in [6.45, 7) is 12.2. The Kier molecular flexibility index (Phi) is 26.2. The molecule has 25 nitrogen and oxygen atoms in total. The topological polar surface area (TPSA) is 326 Å². The number of Topliss-reactive ketones (excluding diaryl/α,β-unsaturated/α-hetero) is 1. The molecule has 0 saturated carbocycles. The van der Waals surface area contributed by atoms with E-state index < -0.39 is 93.8 Å². The van der Waals surface area contributed by atoms with E-state index in [4.69, 9.17) is 28.6 Å². The lowest BCUT2D eigenvalue weighted by Gasteiger charge is -2.27. The van der Waals surface area contributed by atoms with Crippen LogP contribution < -0.4 is 18.9 Å². The number of sulfonamides is 1. The molecule has 0 amide bonds. The second kappa shape index (κ2) is 33.1. The first-order valence-corrected chi connectivity index (χ1v) is 34.1. The number of esters is 1. The van der Waals surface area contributed by atoms with Gasteiger partial charge in [-0.1, -0.05) is 98.2 Å². The monoisotopic (exact) mass is 1420 g/mol. The van der Waals surface area contributed by atoms with Crippen molar-refractivity contribution in [3.8, 4) is 23.5 Å². The summed E-state index contributed by atoms with van der Waals surface area (Å²) in [5.41, 5.74) is -0.778. The molecular weight excluding hydrogens is 1350 g/mol. The zero-order chi connectivity index (χ0) is 71.8. The highest BCUT2D eigenvalue weighted by Crippen LogP contribution is 2.43. The van der Waals surface area contributed by atoms with Crippen molar-refractivity contribution in [1.82, 2.24) is 34.3 Å². The summed E-state index contributed by atoms with van der Waals surface area (Å²) in [6.07, 6.45) is -4.33. The zero-order valence-corrected chi connectivity index (χ0v) is 56.9. The number of carbonyl (C=O) groups is 3. The number of ketones is 2. The summed E-state index contributed by atoms with van der Waals surface area (Å²) in [4.78, 5) is 57.3. The molecule has 2 atom stereocenters. The molecule has 1 aliphatic carbocycles. The van der Waals surface area contributed by atoms with Gasteiger partial charge in [0, 0.05) is 54.3 Å². The number of thioether (sulfide) groups is 1.